The first-order valence-corrected chi connectivity index (χ1v) is 17.9. The maximum Gasteiger partial charge on any atom is 0.491 e. The summed E-state index contributed by atoms with van der Waals surface area (Å²) in [5.74, 6) is 1.27. The van der Waals surface area contributed by atoms with Gasteiger partial charge < -0.3 is 10.0 Å². The highest BCUT2D eigenvalue weighted by molar-refractivity contribution is 6.59. The summed E-state index contributed by atoms with van der Waals surface area (Å²) in [6.07, 6.45) is 0. The van der Waals surface area contributed by atoms with Crippen LogP contribution in [0.15, 0.2) is 158 Å². The van der Waals surface area contributed by atoms with Gasteiger partial charge in [-0.05, 0) is 48.0 Å². The summed E-state index contributed by atoms with van der Waals surface area (Å²) >= 11 is 17.5. The van der Waals surface area contributed by atoms with Crippen molar-refractivity contribution in [3.63, 3.8) is 0 Å². The van der Waals surface area contributed by atoms with Gasteiger partial charge in [-0.25, -0.2) is 28.7 Å². The molecule has 0 bridgehead atoms. The van der Waals surface area contributed by atoms with E-state index in [-0.39, 0.29) is 27.2 Å². The quantitative estimate of drug-likeness (QED) is 0.160. The van der Waals surface area contributed by atoms with Crippen LogP contribution in [0.2, 0.25) is 15.3 Å². The molecule has 6 aromatic carbocycles. The highest BCUT2D eigenvalue weighted by Crippen LogP contribution is 2.28. The van der Waals surface area contributed by atoms with Crippen LogP contribution in [0, 0.1) is 11.6 Å². The standard InChI is InChI=1S/C21H13ClFN3.C15H10ClN3.C6H5BClFO2/c22-16-11-12-18(23)17(13-16)21-25-19(14-7-3-1-4-8-14)24-20(26-21)15-9-5-2-6-10-15;16-15-18-13(11-7-3-1-4-8-11)17-14(19-15)12-9-5-2-6-10-12;8-4-1-2-6(9)5(3-4)7(10)11/h1-13H;1-10H;1-3,10-11H. The zero-order chi connectivity index (χ0) is 39.4. The van der Waals surface area contributed by atoms with E-state index in [0.29, 0.717) is 28.3 Å². The Bertz CT molecular complexity index is 2410. The fourth-order valence-corrected chi connectivity index (χ4v) is 5.61. The second-order valence-corrected chi connectivity index (χ2v) is 12.9. The maximum absolute atomic E-state index is 14.4. The fourth-order valence-electron chi connectivity index (χ4n) is 5.09. The smallest absolute Gasteiger partial charge is 0.423 e. The first kappa shape index (κ1) is 39.7. The molecular formula is C42H28BCl3F2N6O2. The van der Waals surface area contributed by atoms with Crippen LogP contribution in [0.5, 0.6) is 0 Å². The number of hydrogen-bond donors (Lipinski definition) is 2. The van der Waals surface area contributed by atoms with E-state index in [1.807, 2.05) is 121 Å². The van der Waals surface area contributed by atoms with Gasteiger partial charge in [0.2, 0.25) is 5.28 Å². The van der Waals surface area contributed by atoms with Crippen molar-refractivity contribution >= 4 is 47.4 Å². The van der Waals surface area contributed by atoms with E-state index in [1.54, 1.807) is 0 Å². The maximum atomic E-state index is 14.4. The molecule has 0 aliphatic rings. The number of rotatable bonds is 6. The number of benzene rings is 6. The number of nitrogens with zero attached hydrogens (tertiary/aromatic N) is 6. The molecule has 2 N–H and O–H groups in total. The van der Waals surface area contributed by atoms with Gasteiger partial charge in [-0.3, -0.25) is 0 Å². The minimum Gasteiger partial charge on any atom is -0.423 e. The van der Waals surface area contributed by atoms with E-state index in [2.05, 4.69) is 29.9 Å². The third-order valence-corrected chi connectivity index (χ3v) is 8.42. The number of halogens is 5. The molecule has 0 unspecified atom stereocenters. The molecule has 8 rings (SSSR count). The average molecular weight is 804 g/mol. The lowest BCUT2D eigenvalue weighted by Gasteiger charge is -2.09. The zero-order valence-corrected chi connectivity index (χ0v) is 31.3. The number of hydrogen-bond acceptors (Lipinski definition) is 8. The normalized spacial score (nSPS) is 10.4. The Labute approximate surface area is 336 Å². The predicted molar refractivity (Wildman–Crippen MR) is 218 cm³/mol. The van der Waals surface area contributed by atoms with Gasteiger partial charge in [-0.2, -0.15) is 9.97 Å². The molecule has 0 amide bonds. The highest BCUT2D eigenvalue weighted by atomic mass is 35.5. The molecule has 276 valence electrons. The lowest BCUT2D eigenvalue weighted by molar-refractivity contribution is 0.423. The van der Waals surface area contributed by atoms with Gasteiger partial charge in [0.05, 0.1) is 5.56 Å². The van der Waals surface area contributed by atoms with Crippen LogP contribution in [0.25, 0.3) is 56.9 Å². The highest BCUT2D eigenvalue weighted by Gasteiger charge is 2.17. The van der Waals surface area contributed by atoms with Crippen LogP contribution >= 0.6 is 34.8 Å². The third-order valence-electron chi connectivity index (χ3n) is 7.78. The Morgan fingerprint density at radius 1 is 0.393 bits per heavy atom. The zero-order valence-electron chi connectivity index (χ0n) is 29.1. The van der Waals surface area contributed by atoms with E-state index in [0.717, 1.165) is 28.3 Å². The summed E-state index contributed by atoms with van der Waals surface area (Å²) in [5.41, 5.74) is 3.53. The van der Waals surface area contributed by atoms with Gasteiger partial charge in [0.1, 0.15) is 11.6 Å². The van der Waals surface area contributed by atoms with Gasteiger partial charge in [-0.15, -0.1) is 0 Å². The van der Waals surface area contributed by atoms with Crippen molar-refractivity contribution in [3.8, 4) is 56.9 Å². The first-order chi connectivity index (χ1) is 27.1. The van der Waals surface area contributed by atoms with E-state index in [4.69, 9.17) is 44.9 Å². The average Bonchev–Trinajstić information content (AvgIpc) is 3.24. The van der Waals surface area contributed by atoms with Crippen molar-refractivity contribution in [1.82, 2.24) is 29.9 Å². The molecule has 8 nitrogen and oxygen atoms in total. The Hall–Kier alpha value is -5.95. The summed E-state index contributed by atoms with van der Waals surface area (Å²) in [6, 6.07) is 46.4. The molecule has 0 saturated carbocycles. The van der Waals surface area contributed by atoms with Gasteiger partial charge in [-0.1, -0.05) is 145 Å². The molecule has 2 aromatic heterocycles. The Morgan fingerprint density at radius 2 is 0.732 bits per heavy atom. The molecule has 14 heteroatoms. The molecule has 0 spiro atoms. The van der Waals surface area contributed by atoms with E-state index >= 15 is 0 Å². The summed E-state index contributed by atoms with van der Waals surface area (Å²) < 4.78 is 27.0. The van der Waals surface area contributed by atoms with Gasteiger partial charge in [0.15, 0.2) is 29.1 Å². The van der Waals surface area contributed by atoms with E-state index < -0.39 is 18.8 Å². The number of aromatic nitrogens is 6. The molecular weight excluding hydrogens is 776 g/mol. The van der Waals surface area contributed by atoms with Crippen molar-refractivity contribution in [1.29, 1.82) is 0 Å². The molecule has 56 heavy (non-hydrogen) atoms. The second kappa shape index (κ2) is 19.1. The summed E-state index contributed by atoms with van der Waals surface area (Å²) in [5, 5.41) is 18.1. The van der Waals surface area contributed by atoms with Crippen molar-refractivity contribution in [2.45, 2.75) is 0 Å². The largest absolute Gasteiger partial charge is 0.491 e. The molecule has 0 radical (unpaired) electrons. The van der Waals surface area contributed by atoms with Crippen LogP contribution in [0.3, 0.4) is 0 Å². The summed E-state index contributed by atoms with van der Waals surface area (Å²) in [7, 11) is -1.81. The molecule has 0 saturated heterocycles. The second-order valence-electron chi connectivity index (χ2n) is 11.7. The molecule has 2 heterocycles. The Morgan fingerprint density at radius 3 is 1.11 bits per heavy atom. The SMILES string of the molecule is Clc1nc(-c2ccccc2)nc(-c2ccccc2)n1.Fc1ccc(Cl)cc1-c1nc(-c2ccccc2)nc(-c2ccccc2)n1.OB(O)c1cc(Cl)ccc1F. The van der Waals surface area contributed by atoms with Gasteiger partial charge in [0.25, 0.3) is 0 Å². The minimum absolute atomic E-state index is 0.202. The monoisotopic (exact) mass is 802 g/mol. The van der Waals surface area contributed by atoms with Crippen LogP contribution in [0.1, 0.15) is 0 Å². The van der Waals surface area contributed by atoms with Crippen LogP contribution in [0.4, 0.5) is 8.78 Å². The molecule has 0 aliphatic heterocycles. The summed E-state index contributed by atoms with van der Waals surface area (Å²) in [6.45, 7) is 0. The third kappa shape index (κ3) is 10.6. The lowest BCUT2D eigenvalue weighted by Crippen LogP contribution is -2.32. The van der Waals surface area contributed by atoms with Gasteiger partial charge in [0, 0.05) is 37.8 Å². The van der Waals surface area contributed by atoms with Crippen molar-refractivity contribution in [2.75, 3.05) is 0 Å². The molecule has 0 atom stereocenters. The van der Waals surface area contributed by atoms with Gasteiger partial charge >= 0.3 is 7.12 Å². The van der Waals surface area contributed by atoms with Crippen molar-refractivity contribution in [2.24, 2.45) is 0 Å². The van der Waals surface area contributed by atoms with Crippen LogP contribution < -0.4 is 5.46 Å². The Kier molecular flexibility index (Phi) is 13.5. The minimum atomic E-state index is -1.81. The topological polar surface area (TPSA) is 118 Å². The molecule has 0 fully saturated rings. The molecule has 0 aliphatic carbocycles. The van der Waals surface area contributed by atoms with Crippen molar-refractivity contribution in [3.05, 3.63) is 185 Å². The van der Waals surface area contributed by atoms with E-state index in [1.165, 1.54) is 30.3 Å². The fraction of sp³-hybridized carbons (Fsp3) is 0. The van der Waals surface area contributed by atoms with E-state index in [9.17, 15) is 8.78 Å². The van der Waals surface area contributed by atoms with Crippen LogP contribution in [-0.4, -0.2) is 47.1 Å². The lowest BCUT2D eigenvalue weighted by atomic mass is 9.80. The van der Waals surface area contributed by atoms with Crippen LogP contribution in [-0.2, 0) is 0 Å². The first-order valence-electron chi connectivity index (χ1n) is 16.8. The predicted octanol–water partition coefficient (Wildman–Crippen LogP) is 9.68. The van der Waals surface area contributed by atoms with Crippen molar-refractivity contribution < 1.29 is 18.8 Å². The summed E-state index contributed by atoms with van der Waals surface area (Å²) in [4.78, 5) is 26.3. The molecule has 8 aromatic rings. The Balaban J connectivity index is 0.000000155.